The summed E-state index contributed by atoms with van der Waals surface area (Å²) in [4.78, 5) is 0. The third-order valence-corrected chi connectivity index (χ3v) is 2.86. The maximum Gasteiger partial charge on any atom is 0.0213 e. The van der Waals surface area contributed by atoms with Crippen molar-refractivity contribution in [1.29, 1.82) is 0 Å². The average Bonchev–Trinajstić information content (AvgIpc) is 2.10. The summed E-state index contributed by atoms with van der Waals surface area (Å²) in [5.74, 6) is 6.33. The van der Waals surface area contributed by atoms with Crippen molar-refractivity contribution in [3.05, 3.63) is 0 Å². The minimum atomic E-state index is 0.421. The molecule has 86 valence electrons. The molecule has 0 saturated heterocycles. The van der Waals surface area contributed by atoms with E-state index in [2.05, 4.69) is 40.0 Å². The van der Waals surface area contributed by atoms with Gasteiger partial charge in [-0.1, -0.05) is 41.0 Å². The molecule has 0 radical (unpaired) electrons. The van der Waals surface area contributed by atoms with Gasteiger partial charge in [-0.2, -0.15) is 0 Å². The van der Waals surface area contributed by atoms with Gasteiger partial charge < -0.3 is 0 Å². The second-order valence-corrected chi connectivity index (χ2v) is 5.71. The first-order chi connectivity index (χ1) is 6.39. The van der Waals surface area contributed by atoms with Crippen LogP contribution in [0.15, 0.2) is 0 Å². The smallest absolute Gasteiger partial charge is 0.0213 e. The Labute approximate surface area is 89.6 Å². The Morgan fingerprint density at radius 2 is 1.86 bits per heavy atom. The Morgan fingerprint density at radius 3 is 2.21 bits per heavy atom. The number of nitrogens with one attached hydrogen (secondary N) is 1. The van der Waals surface area contributed by atoms with Crippen LogP contribution in [-0.4, -0.2) is 6.04 Å². The highest BCUT2D eigenvalue weighted by molar-refractivity contribution is 4.71. The van der Waals surface area contributed by atoms with E-state index in [9.17, 15) is 0 Å². The lowest BCUT2D eigenvalue weighted by atomic mass is 9.86. The highest BCUT2D eigenvalue weighted by Crippen LogP contribution is 2.23. The van der Waals surface area contributed by atoms with E-state index in [1.807, 2.05) is 0 Å². The molecule has 0 aromatic rings. The van der Waals surface area contributed by atoms with Crippen molar-refractivity contribution in [2.75, 3.05) is 0 Å². The van der Waals surface area contributed by atoms with Crippen molar-refractivity contribution < 1.29 is 0 Å². The highest BCUT2D eigenvalue weighted by atomic mass is 15.2. The third-order valence-electron chi connectivity index (χ3n) is 2.86. The Kier molecular flexibility index (Phi) is 6.38. The van der Waals surface area contributed by atoms with Crippen LogP contribution in [0.2, 0.25) is 0 Å². The molecule has 0 fully saturated rings. The van der Waals surface area contributed by atoms with E-state index < -0.39 is 0 Å². The molecule has 0 spiro atoms. The third kappa shape index (κ3) is 7.34. The maximum absolute atomic E-state index is 5.56. The topological polar surface area (TPSA) is 38.0 Å². The molecule has 2 unspecified atom stereocenters. The molecule has 0 bridgehead atoms. The van der Waals surface area contributed by atoms with Gasteiger partial charge in [0.25, 0.3) is 0 Å². The molecular formula is C12H28N2. The van der Waals surface area contributed by atoms with Crippen molar-refractivity contribution in [2.45, 2.75) is 66.3 Å². The molecule has 0 aliphatic heterocycles. The molecule has 2 nitrogen and oxygen atoms in total. The summed E-state index contributed by atoms with van der Waals surface area (Å²) in [6.45, 7) is 11.4. The van der Waals surface area contributed by atoms with Gasteiger partial charge >= 0.3 is 0 Å². The molecule has 2 heteroatoms. The first-order valence-corrected chi connectivity index (χ1v) is 5.85. The quantitative estimate of drug-likeness (QED) is 0.511. The molecule has 0 aromatic carbocycles. The Bertz CT molecular complexity index is 138. The van der Waals surface area contributed by atoms with Gasteiger partial charge in [0, 0.05) is 6.04 Å². The van der Waals surface area contributed by atoms with Crippen LogP contribution in [0.3, 0.4) is 0 Å². The van der Waals surface area contributed by atoms with E-state index in [0.717, 1.165) is 5.92 Å². The Hall–Kier alpha value is -0.0800. The van der Waals surface area contributed by atoms with E-state index in [1.165, 1.54) is 25.7 Å². The number of hydrogen-bond acceptors (Lipinski definition) is 2. The molecule has 2 atom stereocenters. The molecule has 0 rings (SSSR count). The van der Waals surface area contributed by atoms with Gasteiger partial charge in [-0.3, -0.25) is 11.3 Å². The summed E-state index contributed by atoms with van der Waals surface area (Å²) < 4.78 is 0. The van der Waals surface area contributed by atoms with Gasteiger partial charge in [0.05, 0.1) is 0 Å². The predicted molar refractivity (Wildman–Crippen MR) is 63.9 cm³/mol. The number of rotatable bonds is 6. The van der Waals surface area contributed by atoms with Crippen molar-refractivity contribution in [2.24, 2.45) is 17.2 Å². The normalized spacial score (nSPS) is 16.7. The monoisotopic (exact) mass is 200 g/mol. The lowest BCUT2D eigenvalue weighted by Crippen LogP contribution is -2.37. The molecule has 0 heterocycles. The average molecular weight is 200 g/mol. The molecular weight excluding hydrogens is 172 g/mol. The minimum absolute atomic E-state index is 0.421. The first-order valence-electron chi connectivity index (χ1n) is 5.85. The van der Waals surface area contributed by atoms with Gasteiger partial charge in [0.15, 0.2) is 0 Å². The number of hydrogen-bond donors (Lipinski definition) is 2. The van der Waals surface area contributed by atoms with Crippen molar-refractivity contribution >= 4 is 0 Å². The summed E-state index contributed by atoms with van der Waals surface area (Å²) >= 11 is 0. The first kappa shape index (κ1) is 13.9. The van der Waals surface area contributed by atoms with Crippen LogP contribution in [0, 0.1) is 11.3 Å². The van der Waals surface area contributed by atoms with Gasteiger partial charge in [-0.05, 0) is 30.6 Å². The summed E-state index contributed by atoms with van der Waals surface area (Å²) in [6.07, 6.45) is 4.86. The predicted octanol–water partition coefficient (Wildman–Crippen LogP) is 3.08. The fourth-order valence-electron chi connectivity index (χ4n) is 1.53. The summed E-state index contributed by atoms with van der Waals surface area (Å²) in [5.41, 5.74) is 3.36. The molecule has 3 N–H and O–H groups in total. The van der Waals surface area contributed by atoms with Gasteiger partial charge in [-0.25, -0.2) is 0 Å². The second kappa shape index (κ2) is 6.41. The van der Waals surface area contributed by atoms with E-state index in [-0.39, 0.29) is 0 Å². The summed E-state index contributed by atoms with van der Waals surface area (Å²) in [7, 11) is 0. The largest absolute Gasteiger partial charge is 0.271 e. The van der Waals surface area contributed by atoms with Crippen LogP contribution in [0.1, 0.15) is 60.3 Å². The minimum Gasteiger partial charge on any atom is -0.271 e. The standard InChI is InChI=1S/C12H28N2/c1-6-10(2)9-11(14-13)7-8-12(3,4)5/h10-11,14H,6-9,13H2,1-5H3. The van der Waals surface area contributed by atoms with E-state index in [0.29, 0.717) is 11.5 Å². The van der Waals surface area contributed by atoms with Crippen molar-refractivity contribution in [1.82, 2.24) is 5.43 Å². The lowest BCUT2D eigenvalue weighted by Gasteiger charge is -2.24. The van der Waals surface area contributed by atoms with Crippen LogP contribution in [0.25, 0.3) is 0 Å². The van der Waals surface area contributed by atoms with Crippen molar-refractivity contribution in [3.63, 3.8) is 0 Å². The van der Waals surface area contributed by atoms with Gasteiger partial charge in [-0.15, -0.1) is 0 Å². The van der Waals surface area contributed by atoms with Crippen LogP contribution < -0.4 is 11.3 Å². The van der Waals surface area contributed by atoms with E-state index >= 15 is 0 Å². The van der Waals surface area contributed by atoms with E-state index in [1.54, 1.807) is 0 Å². The van der Waals surface area contributed by atoms with Crippen LogP contribution >= 0.6 is 0 Å². The lowest BCUT2D eigenvalue weighted by molar-refractivity contribution is 0.304. The SMILES string of the molecule is CCC(C)CC(CCC(C)(C)C)NN. The number of hydrazine groups is 1. The van der Waals surface area contributed by atoms with Crippen molar-refractivity contribution in [3.8, 4) is 0 Å². The Balaban J connectivity index is 3.80. The molecule has 0 saturated carbocycles. The highest BCUT2D eigenvalue weighted by Gasteiger charge is 2.15. The van der Waals surface area contributed by atoms with Crippen LogP contribution in [0.5, 0.6) is 0 Å². The second-order valence-electron chi connectivity index (χ2n) is 5.71. The Morgan fingerprint density at radius 1 is 1.29 bits per heavy atom. The van der Waals surface area contributed by atoms with Crippen LogP contribution in [-0.2, 0) is 0 Å². The summed E-state index contributed by atoms with van der Waals surface area (Å²) in [5, 5.41) is 0. The van der Waals surface area contributed by atoms with Gasteiger partial charge in [0.2, 0.25) is 0 Å². The molecule has 0 amide bonds. The fourth-order valence-corrected chi connectivity index (χ4v) is 1.53. The fraction of sp³-hybridized carbons (Fsp3) is 1.00. The van der Waals surface area contributed by atoms with Crippen LogP contribution in [0.4, 0.5) is 0 Å². The molecule has 0 aliphatic rings. The van der Waals surface area contributed by atoms with Gasteiger partial charge in [0.1, 0.15) is 0 Å². The number of nitrogens with two attached hydrogens (primary N) is 1. The zero-order valence-corrected chi connectivity index (χ0v) is 10.6. The maximum atomic E-state index is 5.56. The molecule has 0 aromatic heterocycles. The van der Waals surface area contributed by atoms with E-state index in [4.69, 9.17) is 5.84 Å². The zero-order valence-electron chi connectivity index (χ0n) is 10.6. The molecule has 14 heavy (non-hydrogen) atoms. The summed E-state index contributed by atoms with van der Waals surface area (Å²) in [6, 6.07) is 0.490. The molecule has 0 aliphatic carbocycles. The zero-order chi connectivity index (χ0) is 11.2.